The van der Waals surface area contributed by atoms with E-state index in [9.17, 15) is 9.59 Å². The fourth-order valence-corrected chi connectivity index (χ4v) is 2.15. The summed E-state index contributed by atoms with van der Waals surface area (Å²) in [6.07, 6.45) is 4.98. The van der Waals surface area contributed by atoms with Crippen molar-refractivity contribution in [3.05, 3.63) is 29.8 Å². The van der Waals surface area contributed by atoms with Crippen LogP contribution in [0.3, 0.4) is 0 Å². The molecular weight excluding hydrogens is 256 g/mol. The molecule has 1 aromatic rings. The first-order chi connectivity index (χ1) is 9.72. The minimum Gasteiger partial charge on any atom is -0.497 e. The quantitative estimate of drug-likeness (QED) is 0.396. The Morgan fingerprint density at radius 3 is 2.40 bits per heavy atom. The van der Waals surface area contributed by atoms with Crippen molar-refractivity contribution in [2.45, 2.75) is 38.0 Å². The number of hydrogen-bond acceptors (Lipinski definition) is 4. The van der Waals surface area contributed by atoms with Crippen LogP contribution in [0.4, 0.5) is 0 Å². The second kappa shape index (κ2) is 9.13. The Balaban J connectivity index is 2.63. The van der Waals surface area contributed by atoms with Crippen molar-refractivity contribution < 1.29 is 19.1 Å². The summed E-state index contributed by atoms with van der Waals surface area (Å²) in [5, 5.41) is 0. The molecule has 20 heavy (non-hydrogen) atoms. The third kappa shape index (κ3) is 5.03. The first kappa shape index (κ1) is 16.2. The van der Waals surface area contributed by atoms with Crippen LogP contribution in [0.15, 0.2) is 24.3 Å². The van der Waals surface area contributed by atoms with Gasteiger partial charge in [-0.05, 0) is 30.5 Å². The summed E-state index contributed by atoms with van der Waals surface area (Å²) in [5.41, 5.74) is 0.938. The standard InChI is InChI=1S/C16H22O4/c1-19-14-10-8-13(9-11-14)15(16(18)20-2)7-5-3-4-6-12-17/h8-12,15H,3-7H2,1-2H3. The molecule has 0 aliphatic carbocycles. The predicted molar refractivity (Wildman–Crippen MR) is 76.9 cm³/mol. The Labute approximate surface area is 120 Å². The van der Waals surface area contributed by atoms with Crippen LogP contribution in [0.1, 0.15) is 43.6 Å². The third-order valence-corrected chi connectivity index (χ3v) is 3.32. The molecule has 0 fully saturated rings. The van der Waals surface area contributed by atoms with Gasteiger partial charge in [-0.1, -0.05) is 25.0 Å². The van der Waals surface area contributed by atoms with Crippen molar-refractivity contribution in [1.29, 1.82) is 0 Å². The number of esters is 1. The maximum Gasteiger partial charge on any atom is 0.313 e. The topological polar surface area (TPSA) is 52.6 Å². The number of ether oxygens (including phenoxy) is 2. The van der Waals surface area contributed by atoms with E-state index in [0.29, 0.717) is 6.42 Å². The predicted octanol–water partition coefficient (Wildman–Crippen LogP) is 3.10. The third-order valence-electron chi connectivity index (χ3n) is 3.32. The van der Waals surface area contributed by atoms with E-state index in [0.717, 1.165) is 43.3 Å². The molecule has 4 heteroatoms. The van der Waals surface area contributed by atoms with Crippen LogP contribution in [0.25, 0.3) is 0 Å². The largest absolute Gasteiger partial charge is 0.497 e. The lowest BCUT2D eigenvalue weighted by molar-refractivity contribution is -0.142. The molecule has 0 aliphatic heterocycles. The van der Waals surface area contributed by atoms with Crippen LogP contribution in [-0.2, 0) is 14.3 Å². The number of benzene rings is 1. The summed E-state index contributed by atoms with van der Waals surface area (Å²) < 4.78 is 9.99. The van der Waals surface area contributed by atoms with E-state index >= 15 is 0 Å². The van der Waals surface area contributed by atoms with Gasteiger partial charge in [0.05, 0.1) is 20.1 Å². The van der Waals surface area contributed by atoms with Crippen molar-refractivity contribution in [2.75, 3.05) is 14.2 Å². The van der Waals surface area contributed by atoms with E-state index in [1.807, 2.05) is 24.3 Å². The zero-order valence-corrected chi connectivity index (χ0v) is 12.1. The number of methoxy groups -OCH3 is 2. The molecule has 0 saturated carbocycles. The molecule has 0 N–H and O–H groups in total. The molecule has 0 radical (unpaired) electrons. The summed E-state index contributed by atoms with van der Waals surface area (Å²) >= 11 is 0. The van der Waals surface area contributed by atoms with Crippen LogP contribution >= 0.6 is 0 Å². The number of carbonyl (C=O) groups is 2. The Kier molecular flexibility index (Phi) is 7.40. The molecule has 1 rings (SSSR count). The summed E-state index contributed by atoms with van der Waals surface area (Å²) in [5.74, 6) is 0.302. The molecule has 0 amide bonds. The highest BCUT2D eigenvalue weighted by molar-refractivity contribution is 5.78. The highest BCUT2D eigenvalue weighted by atomic mass is 16.5. The fourth-order valence-electron chi connectivity index (χ4n) is 2.15. The van der Waals surface area contributed by atoms with Crippen molar-refractivity contribution in [2.24, 2.45) is 0 Å². The molecule has 4 nitrogen and oxygen atoms in total. The number of unbranched alkanes of at least 4 members (excludes halogenated alkanes) is 3. The van der Waals surface area contributed by atoms with Crippen LogP contribution in [0.2, 0.25) is 0 Å². The van der Waals surface area contributed by atoms with Gasteiger partial charge in [-0.3, -0.25) is 4.79 Å². The number of carbonyl (C=O) groups excluding carboxylic acids is 2. The Morgan fingerprint density at radius 2 is 1.85 bits per heavy atom. The van der Waals surface area contributed by atoms with E-state index in [-0.39, 0.29) is 11.9 Å². The Bertz CT molecular complexity index is 411. The minimum atomic E-state index is -0.248. The van der Waals surface area contributed by atoms with E-state index in [1.165, 1.54) is 7.11 Å². The molecule has 0 spiro atoms. The van der Waals surface area contributed by atoms with E-state index in [1.54, 1.807) is 7.11 Å². The maximum atomic E-state index is 11.9. The zero-order chi connectivity index (χ0) is 14.8. The van der Waals surface area contributed by atoms with Crippen LogP contribution < -0.4 is 4.74 Å². The van der Waals surface area contributed by atoms with Crippen molar-refractivity contribution >= 4 is 12.3 Å². The number of hydrogen-bond donors (Lipinski definition) is 0. The molecule has 0 saturated heterocycles. The molecule has 0 heterocycles. The molecular formula is C16H22O4. The smallest absolute Gasteiger partial charge is 0.313 e. The number of aldehydes is 1. The average Bonchev–Trinajstić information content (AvgIpc) is 2.50. The Morgan fingerprint density at radius 1 is 1.15 bits per heavy atom. The molecule has 1 aromatic carbocycles. The van der Waals surface area contributed by atoms with Crippen molar-refractivity contribution in [1.82, 2.24) is 0 Å². The van der Waals surface area contributed by atoms with Gasteiger partial charge in [0.25, 0.3) is 0 Å². The van der Waals surface area contributed by atoms with Gasteiger partial charge in [-0.2, -0.15) is 0 Å². The molecule has 1 atom stereocenters. The number of rotatable bonds is 9. The van der Waals surface area contributed by atoms with E-state index < -0.39 is 0 Å². The summed E-state index contributed by atoms with van der Waals surface area (Å²) in [6, 6.07) is 7.48. The lowest BCUT2D eigenvalue weighted by atomic mass is 9.93. The Hall–Kier alpha value is -1.84. The van der Waals surface area contributed by atoms with Crippen LogP contribution in [0, 0.1) is 0 Å². The van der Waals surface area contributed by atoms with Crippen LogP contribution in [0.5, 0.6) is 5.75 Å². The fraction of sp³-hybridized carbons (Fsp3) is 0.500. The average molecular weight is 278 g/mol. The van der Waals surface area contributed by atoms with Gasteiger partial charge in [-0.25, -0.2) is 0 Å². The molecule has 0 bridgehead atoms. The van der Waals surface area contributed by atoms with Gasteiger partial charge in [0.1, 0.15) is 12.0 Å². The zero-order valence-electron chi connectivity index (χ0n) is 12.1. The van der Waals surface area contributed by atoms with Gasteiger partial charge in [0, 0.05) is 6.42 Å². The van der Waals surface area contributed by atoms with E-state index in [4.69, 9.17) is 9.47 Å². The molecule has 110 valence electrons. The highest BCUT2D eigenvalue weighted by Gasteiger charge is 2.20. The summed E-state index contributed by atoms with van der Waals surface area (Å²) in [6.45, 7) is 0. The molecule has 0 aromatic heterocycles. The van der Waals surface area contributed by atoms with Gasteiger partial charge in [-0.15, -0.1) is 0 Å². The van der Waals surface area contributed by atoms with Gasteiger partial charge >= 0.3 is 5.97 Å². The lowest BCUT2D eigenvalue weighted by Gasteiger charge is -2.15. The van der Waals surface area contributed by atoms with Crippen molar-refractivity contribution in [3.63, 3.8) is 0 Å². The van der Waals surface area contributed by atoms with Crippen molar-refractivity contribution in [3.8, 4) is 5.75 Å². The van der Waals surface area contributed by atoms with Crippen LogP contribution in [-0.4, -0.2) is 26.5 Å². The SMILES string of the molecule is COC(=O)C(CCCCCC=O)c1ccc(OC)cc1. The molecule has 0 aliphatic rings. The minimum absolute atomic E-state index is 0.217. The highest BCUT2D eigenvalue weighted by Crippen LogP contribution is 2.26. The van der Waals surface area contributed by atoms with Gasteiger partial charge < -0.3 is 14.3 Å². The molecule has 1 unspecified atom stereocenters. The maximum absolute atomic E-state index is 11.9. The first-order valence-electron chi connectivity index (χ1n) is 6.88. The second-order valence-corrected chi connectivity index (χ2v) is 4.65. The second-order valence-electron chi connectivity index (χ2n) is 4.65. The van der Waals surface area contributed by atoms with Gasteiger partial charge in [0.15, 0.2) is 0 Å². The summed E-state index contributed by atoms with van der Waals surface area (Å²) in [7, 11) is 3.02. The monoisotopic (exact) mass is 278 g/mol. The van der Waals surface area contributed by atoms with E-state index in [2.05, 4.69) is 0 Å². The lowest BCUT2D eigenvalue weighted by Crippen LogP contribution is -2.14. The van der Waals surface area contributed by atoms with Gasteiger partial charge in [0.2, 0.25) is 0 Å². The summed E-state index contributed by atoms with van der Waals surface area (Å²) in [4.78, 5) is 22.1. The first-order valence-corrected chi connectivity index (χ1v) is 6.88. The normalized spacial score (nSPS) is 11.7.